The molecule has 2 fully saturated rings. The summed E-state index contributed by atoms with van der Waals surface area (Å²) < 4.78 is 4.83. The number of likely N-dealkylation sites (tertiary alicyclic amines) is 1. The van der Waals surface area contributed by atoms with E-state index in [1.54, 1.807) is 9.80 Å². The number of amides is 2. The van der Waals surface area contributed by atoms with Crippen molar-refractivity contribution in [3.05, 3.63) is 29.8 Å². The van der Waals surface area contributed by atoms with Gasteiger partial charge in [0, 0.05) is 31.7 Å². The van der Waals surface area contributed by atoms with Crippen LogP contribution in [0.4, 0.5) is 5.69 Å². The van der Waals surface area contributed by atoms with Crippen molar-refractivity contribution in [2.75, 3.05) is 31.6 Å². The summed E-state index contributed by atoms with van der Waals surface area (Å²) in [6, 6.07) is 8.09. The number of carbonyl (C=O) groups is 3. The molecule has 6 nitrogen and oxygen atoms in total. The third-order valence-corrected chi connectivity index (χ3v) is 5.81. The van der Waals surface area contributed by atoms with Crippen LogP contribution in [0.25, 0.3) is 0 Å². The van der Waals surface area contributed by atoms with E-state index in [9.17, 15) is 14.4 Å². The Hall–Kier alpha value is -2.37. The van der Waals surface area contributed by atoms with E-state index in [4.69, 9.17) is 4.74 Å². The number of anilines is 1. The van der Waals surface area contributed by atoms with Gasteiger partial charge in [0.15, 0.2) is 0 Å². The predicted molar refractivity (Wildman–Crippen MR) is 107 cm³/mol. The van der Waals surface area contributed by atoms with Gasteiger partial charge in [0.25, 0.3) is 0 Å². The predicted octanol–water partition coefficient (Wildman–Crippen LogP) is 2.79. The second-order valence-electron chi connectivity index (χ2n) is 7.82. The highest BCUT2D eigenvalue weighted by Crippen LogP contribution is 2.28. The Morgan fingerprint density at radius 1 is 1.14 bits per heavy atom. The van der Waals surface area contributed by atoms with Crippen molar-refractivity contribution >= 4 is 23.5 Å². The van der Waals surface area contributed by atoms with Crippen LogP contribution in [-0.4, -0.2) is 49.4 Å². The minimum atomic E-state index is -0.344. The number of esters is 1. The Morgan fingerprint density at radius 3 is 2.57 bits per heavy atom. The lowest BCUT2D eigenvalue weighted by Crippen LogP contribution is -2.45. The quantitative estimate of drug-likeness (QED) is 0.705. The van der Waals surface area contributed by atoms with Crippen molar-refractivity contribution in [2.45, 2.75) is 45.4 Å². The number of nitrogens with zero attached hydrogens (tertiary/aromatic N) is 2. The molecule has 6 heteroatoms. The zero-order valence-corrected chi connectivity index (χ0v) is 16.9. The molecule has 0 bridgehead atoms. The normalized spacial score (nSPS) is 22.4. The van der Waals surface area contributed by atoms with Crippen molar-refractivity contribution in [3.63, 3.8) is 0 Å². The zero-order chi connectivity index (χ0) is 20.1. The molecule has 2 amide bonds. The van der Waals surface area contributed by atoms with E-state index in [0.717, 1.165) is 37.8 Å². The van der Waals surface area contributed by atoms with Gasteiger partial charge in [0.05, 0.1) is 18.9 Å². The molecule has 28 heavy (non-hydrogen) atoms. The van der Waals surface area contributed by atoms with Crippen molar-refractivity contribution < 1.29 is 19.1 Å². The molecule has 2 atom stereocenters. The number of aryl methyl sites for hydroxylation is 1. The van der Waals surface area contributed by atoms with Gasteiger partial charge in [0.1, 0.15) is 0 Å². The maximum atomic E-state index is 12.9. The highest BCUT2D eigenvalue weighted by atomic mass is 16.5. The molecule has 2 saturated heterocycles. The maximum absolute atomic E-state index is 12.9. The van der Waals surface area contributed by atoms with Crippen LogP contribution in [0, 0.1) is 11.8 Å². The van der Waals surface area contributed by atoms with E-state index in [-0.39, 0.29) is 36.0 Å². The van der Waals surface area contributed by atoms with Crippen LogP contribution in [-0.2, 0) is 25.5 Å². The smallest absolute Gasteiger partial charge is 0.310 e. The number of rotatable bonds is 6. The van der Waals surface area contributed by atoms with Crippen LogP contribution in [0.15, 0.2) is 24.3 Å². The third kappa shape index (κ3) is 4.54. The number of piperidine rings is 1. The lowest BCUT2D eigenvalue weighted by Gasteiger charge is -2.33. The number of methoxy groups -OCH3 is 1. The van der Waals surface area contributed by atoms with Crippen molar-refractivity contribution in [3.8, 4) is 0 Å². The van der Waals surface area contributed by atoms with E-state index in [1.165, 1.54) is 12.7 Å². The summed E-state index contributed by atoms with van der Waals surface area (Å²) in [6.07, 6.45) is 5.12. The van der Waals surface area contributed by atoms with Crippen LogP contribution in [0.1, 0.15) is 44.6 Å². The Labute approximate surface area is 166 Å². The summed E-state index contributed by atoms with van der Waals surface area (Å²) in [5.41, 5.74) is 2.12. The van der Waals surface area contributed by atoms with Gasteiger partial charge in [-0.25, -0.2) is 0 Å². The maximum Gasteiger partial charge on any atom is 0.310 e. The van der Waals surface area contributed by atoms with E-state index in [2.05, 4.69) is 19.1 Å². The van der Waals surface area contributed by atoms with E-state index in [0.29, 0.717) is 19.6 Å². The molecule has 2 heterocycles. The molecule has 1 aromatic carbocycles. The molecule has 0 aliphatic carbocycles. The first-order valence-corrected chi connectivity index (χ1v) is 10.3. The Bertz CT molecular complexity index is 716. The van der Waals surface area contributed by atoms with E-state index in [1.807, 2.05) is 12.1 Å². The number of ether oxygens (including phenoxy) is 1. The first-order chi connectivity index (χ1) is 13.5. The fourth-order valence-electron chi connectivity index (χ4n) is 4.14. The minimum Gasteiger partial charge on any atom is -0.469 e. The summed E-state index contributed by atoms with van der Waals surface area (Å²) in [7, 11) is 1.38. The molecular formula is C22H30N2O4. The summed E-state index contributed by atoms with van der Waals surface area (Å²) in [5.74, 6) is -0.898. The Balaban J connectivity index is 1.62. The van der Waals surface area contributed by atoms with Gasteiger partial charge < -0.3 is 14.5 Å². The molecular weight excluding hydrogens is 356 g/mol. The lowest BCUT2D eigenvalue weighted by atomic mass is 9.96. The highest BCUT2D eigenvalue weighted by Gasteiger charge is 2.39. The van der Waals surface area contributed by atoms with E-state index >= 15 is 0 Å². The average molecular weight is 386 g/mol. The Morgan fingerprint density at radius 2 is 1.89 bits per heavy atom. The standard InChI is InChI=1S/C22H30N2O4/c1-3-4-6-16-8-10-19(11-9-16)24-15-18(13-20(24)25)21(26)23-12-5-7-17(14-23)22(27)28-2/h8-11,17-18H,3-7,12-15H2,1-2H3. The number of carbonyl (C=O) groups excluding carboxylic acids is 3. The van der Waals surface area contributed by atoms with Crippen LogP contribution >= 0.6 is 0 Å². The van der Waals surface area contributed by atoms with Crippen LogP contribution in [0.2, 0.25) is 0 Å². The largest absolute Gasteiger partial charge is 0.469 e. The van der Waals surface area contributed by atoms with E-state index < -0.39 is 0 Å². The number of benzene rings is 1. The molecule has 2 unspecified atom stereocenters. The molecule has 2 aliphatic heterocycles. The fraction of sp³-hybridized carbons (Fsp3) is 0.591. The Kier molecular flexibility index (Phi) is 6.70. The van der Waals surface area contributed by atoms with Gasteiger partial charge >= 0.3 is 5.97 Å². The van der Waals surface area contributed by atoms with Gasteiger partial charge in [0.2, 0.25) is 11.8 Å². The van der Waals surface area contributed by atoms with Gasteiger partial charge in [-0.2, -0.15) is 0 Å². The average Bonchev–Trinajstić information content (AvgIpc) is 3.13. The molecule has 0 spiro atoms. The van der Waals surface area contributed by atoms with Crippen LogP contribution in [0.3, 0.4) is 0 Å². The highest BCUT2D eigenvalue weighted by molar-refractivity contribution is 6.00. The minimum absolute atomic E-state index is 0.0128. The van der Waals surface area contributed by atoms with Crippen molar-refractivity contribution in [2.24, 2.45) is 11.8 Å². The molecule has 152 valence electrons. The summed E-state index contributed by atoms with van der Waals surface area (Å²) in [6.45, 7) is 3.61. The lowest BCUT2D eigenvalue weighted by molar-refractivity contribution is -0.149. The summed E-state index contributed by atoms with van der Waals surface area (Å²) >= 11 is 0. The van der Waals surface area contributed by atoms with Gasteiger partial charge in [-0.15, -0.1) is 0 Å². The molecule has 0 saturated carbocycles. The molecule has 2 aliphatic rings. The number of hydrogen-bond acceptors (Lipinski definition) is 4. The second-order valence-corrected chi connectivity index (χ2v) is 7.82. The van der Waals surface area contributed by atoms with Gasteiger partial charge in [-0.1, -0.05) is 25.5 Å². The molecule has 3 rings (SSSR count). The number of unbranched alkanes of at least 4 members (excludes halogenated alkanes) is 1. The SMILES string of the molecule is CCCCc1ccc(N2CC(C(=O)N3CCCC(C(=O)OC)C3)CC2=O)cc1. The van der Waals surface area contributed by atoms with Crippen molar-refractivity contribution in [1.82, 2.24) is 4.90 Å². The molecule has 1 aromatic rings. The molecule has 0 N–H and O–H groups in total. The molecule has 0 radical (unpaired) electrons. The molecule has 0 aromatic heterocycles. The topological polar surface area (TPSA) is 66.9 Å². The first-order valence-electron chi connectivity index (χ1n) is 10.3. The fourth-order valence-corrected chi connectivity index (χ4v) is 4.14. The second kappa shape index (κ2) is 9.22. The van der Waals surface area contributed by atoms with Crippen LogP contribution in [0.5, 0.6) is 0 Å². The first kappa shape index (κ1) is 20.4. The monoisotopic (exact) mass is 386 g/mol. The van der Waals surface area contributed by atoms with Gasteiger partial charge in [-0.3, -0.25) is 14.4 Å². The zero-order valence-electron chi connectivity index (χ0n) is 16.9. The van der Waals surface area contributed by atoms with Crippen molar-refractivity contribution in [1.29, 1.82) is 0 Å². The van der Waals surface area contributed by atoms with Gasteiger partial charge in [-0.05, 0) is 43.4 Å². The summed E-state index contributed by atoms with van der Waals surface area (Å²) in [5, 5.41) is 0. The third-order valence-electron chi connectivity index (χ3n) is 5.81. The number of hydrogen-bond donors (Lipinski definition) is 0. The van der Waals surface area contributed by atoms with Crippen LogP contribution < -0.4 is 4.90 Å². The summed E-state index contributed by atoms with van der Waals surface area (Å²) in [4.78, 5) is 40.7.